The molecule has 1 amide bonds. The molecule has 152 valence electrons. The highest BCUT2D eigenvalue weighted by Gasteiger charge is 2.25. The Morgan fingerprint density at radius 3 is 2.67 bits per heavy atom. The predicted octanol–water partition coefficient (Wildman–Crippen LogP) is 3.33. The van der Waals surface area contributed by atoms with Gasteiger partial charge in [0.25, 0.3) is 0 Å². The summed E-state index contributed by atoms with van der Waals surface area (Å²) in [6.45, 7) is 7.01. The van der Waals surface area contributed by atoms with E-state index in [1.165, 1.54) is 6.07 Å². The minimum absolute atomic E-state index is 0.0270. The van der Waals surface area contributed by atoms with Gasteiger partial charge in [-0.1, -0.05) is 6.07 Å². The number of benzene rings is 1. The molecule has 0 saturated carbocycles. The summed E-state index contributed by atoms with van der Waals surface area (Å²) in [5, 5.41) is 15.5. The van der Waals surface area contributed by atoms with E-state index in [4.69, 9.17) is 16.3 Å². The van der Waals surface area contributed by atoms with Gasteiger partial charge in [0.2, 0.25) is 0 Å². The van der Waals surface area contributed by atoms with Crippen LogP contribution in [0.3, 0.4) is 0 Å². The number of carbonyl (C=O) groups is 1. The Morgan fingerprint density at radius 1 is 1.41 bits per heavy atom. The molecule has 8 heteroatoms. The molecule has 1 fully saturated rings. The Balaban J connectivity index is 1.95. The number of hydrogen-bond donors (Lipinski definition) is 3. The van der Waals surface area contributed by atoms with Gasteiger partial charge in [-0.3, -0.25) is 0 Å². The number of alkyl halides is 1. The number of halogens is 2. The van der Waals surface area contributed by atoms with Crippen LogP contribution in [0, 0.1) is 5.82 Å². The normalized spacial score (nSPS) is 16.7. The zero-order valence-corrected chi connectivity index (χ0v) is 16.9. The molecule has 1 heterocycles. The summed E-state index contributed by atoms with van der Waals surface area (Å²) in [6, 6.07) is 4.92. The lowest BCUT2D eigenvalue weighted by Gasteiger charge is -2.35. The minimum atomic E-state index is -0.747. The first-order chi connectivity index (χ1) is 12.7. The Labute approximate surface area is 165 Å². The second kappa shape index (κ2) is 9.46. The Bertz CT molecular complexity index is 631. The van der Waals surface area contributed by atoms with Crippen molar-refractivity contribution in [1.82, 2.24) is 5.32 Å². The first kappa shape index (κ1) is 21.6. The van der Waals surface area contributed by atoms with Gasteiger partial charge in [-0.25, -0.2) is 9.18 Å². The highest BCUT2D eigenvalue weighted by molar-refractivity contribution is 6.18. The van der Waals surface area contributed by atoms with Crippen LogP contribution < -0.4 is 15.5 Å². The summed E-state index contributed by atoms with van der Waals surface area (Å²) in [6.07, 6.45) is 0.311. The maximum absolute atomic E-state index is 14.3. The molecule has 2 rings (SSSR count). The van der Waals surface area contributed by atoms with E-state index >= 15 is 0 Å². The van der Waals surface area contributed by atoms with Crippen LogP contribution in [-0.4, -0.2) is 54.5 Å². The number of aliphatic hydroxyl groups is 1. The average Bonchev–Trinajstić information content (AvgIpc) is 2.59. The van der Waals surface area contributed by atoms with Crippen LogP contribution in [0.15, 0.2) is 18.2 Å². The highest BCUT2D eigenvalue weighted by Crippen LogP contribution is 2.31. The summed E-state index contributed by atoms with van der Waals surface area (Å²) in [4.78, 5) is 14.0. The molecule has 1 unspecified atom stereocenters. The molecule has 1 aliphatic heterocycles. The van der Waals surface area contributed by atoms with Gasteiger partial charge in [0.1, 0.15) is 11.4 Å². The number of ether oxygens (including phenoxy) is 1. The standard InChI is InChI=1S/C19H29ClFN3O3/c1-19(2,3)27-18(26)23-13-7-9-24(10-8-13)16-6-4-5-15(21)17(16)22-12-14(25)11-20/h4-6,13-14,22,25H,7-12H2,1-3H3,(H,23,26). The number of carbonyl (C=O) groups excluding carboxylic acids is 1. The summed E-state index contributed by atoms with van der Waals surface area (Å²) in [7, 11) is 0. The summed E-state index contributed by atoms with van der Waals surface area (Å²) >= 11 is 5.61. The molecule has 27 heavy (non-hydrogen) atoms. The van der Waals surface area contributed by atoms with E-state index in [1.807, 2.05) is 26.8 Å². The lowest BCUT2D eigenvalue weighted by molar-refractivity contribution is 0.0497. The molecule has 0 spiro atoms. The van der Waals surface area contributed by atoms with Gasteiger partial charge in [0.15, 0.2) is 0 Å². The molecule has 1 aromatic rings. The van der Waals surface area contributed by atoms with Crippen LogP contribution in [0.4, 0.5) is 20.6 Å². The average molecular weight is 402 g/mol. The summed E-state index contributed by atoms with van der Waals surface area (Å²) < 4.78 is 19.6. The molecule has 1 saturated heterocycles. The van der Waals surface area contributed by atoms with Crippen molar-refractivity contribution in [2.75, 3.05) is 35.7 Å². The number of nitrogens with one attached hydrogen (secondary N) is 2. The Hall–Kier alpha value is -1.73. The van der Waals surface area contributed by atoms with Crippen molar-refractivity contribution in [3.05, 3.63) is 24.0 Å². The van der Waals surface area contributed by atoms with E-state index in [0.717, 1.165) is 18.5 Å². The zero-order valence-electron chi connectivity index (χ0n) is 16.1. The molecule has 1 atom stereocenters. The van der Waals surface area contributed by atoms with Crippen molar-refractivity contribution < 1.29 is 19.0 Å². The van der Waals surface area contributed by atoms with Crippen LogP contribution in [0.25, 0.3) is 0 Å². The van der Waals surface area contributed by atoms with E-state index < -0.39 is 17.8 Å². The van der Waals surface area contributed by atoms with Gasteiger partial charge < -0.3 is 25.4 Å². The molecule has 1 aromatic carbocycles. The largest absolute Gasteiger partial charge is 0.444 e. The van der Waals surface area contributed by atoms with Crippen molar-refractivity contribution in [2.45, 2.75) is 51.4 Å². The quantitative estimate of drug-likeness (QED) is 0.637. The number of rotatable bonds is 6. The predicted molar refractivity (Wildman–Crippen MR) is 106 cm³/mol. The van der Waals surface area contributed by atoms with Gasteiger partial charge in [-0.15, -0.1) is 11.6 Å². The van der Waals surface area contributed by atoms with Crippen LogP contribution >= 0.6 is 11.6 Å². The van der Waals surface area contributed by atoms with Crippen LogP contribution in [0.2, 0.25) is 0 Å². The fraction of sp³-hybridized carbons (Fsp3) is 0.632. The van der Waals surface area contributed by atoms with E-state index in [0.29, 0.717) is 18.8 Å². The maximum Gasteiger partial charge on any atom is 0.407 e. The molecule has 6 nitrogen and oxygen atoms in total. The lowest BCUT2D eigenvalue weighted by Crippen LogP contribution is -2.46. The summed E-state index contributed by atoms with van der Waals surface area (Å²) in [5.74, 6) is -0.290. The van der Waals surface area contributed by atoms with Gasteiger partial charge >= 0.3 is 6.09 Å². The number of anilines is 2. The first-order valence-corrected chi connectivity index (χ1v) is 9.74. The highest BCUT2D eigenvalue weighted by atomic mass is 35.5. The fourth-order valence-corrected chi connectivity index (χ4v) is 3.07. The Kier molecular flexibility index (Phi) is 7.56. The Morgan fingerprint density at radius 2 is 2.07 bits per heavy atom. The van der Waals surface area contributed by atoms with E-state index in [1.54, 1.807) is 6.07 Å². The third kappa shape index (κ3) is 6.74. The van der Waals surface area contributed by atoms with E-state index in [9.17, 15) is 14.3 Å². The van der Waals surface area contributed by atoms with Crippen LogP contribution in [0.5, 0.6) is 0 Å². The number of aliphatic hydroxyl groups excluding tert-OH is 1. The smallest absolute Gasteiger partial charge is 0.407 e. The maximum atomic E-state index is 14.3. The monoisotopic (exact) mass is 401 g/mol. The van der Waals surface area contributed by atoms with Crippen molar-refractivity contribution >= 4 is 29.1 Å². The van der Waals surface area contributed by atoms with E-state index in [-0.39, 0.29) is 24.3 Å². The molecule has 0 aromatic heterocycles. The molecule has 0 aliphatic carbocycles. The van der Waals surface area contributed by atoms with Gasteiger partial charge in [-0.2, -0.15) is 0 Å². The lowest BCUT2D eigenvalue weighted by atomic mass is 10.0. The van der Waals surface area contributed by atoms with Gasteiger partial charge in [0.05, 0.1) is 23.4 Å². The number of nitrogens with zero attached hydrogens (tertiary/aromatic N) is 1. The number of para-hydroxylation sites is 1. The van der Waals surface area contributed by atoms with Crippen molar-refractivity contribution in [1.29, 1.82) is 0 Å². The van der Waals surface area contributed by atoms with E-state index in [2.05, 4.69) is 15.5 Å². The molecule has 0 radical (unpaired) electrons. The fourth-order valence-electron chi connectivity index (χ4n) is 2.96. The molecule has 0 bridgehead atoms. The van der Waals surface area contributed by atoms with Crippen molar-refractivity contribution in [3.8, 4) is 0 Å². The number of alkyl carbamates (subject to hydrolysis) is 1. The second-order valence-electron chi connectivity index (χ2n) is 7.73. The van der Waals surface area contributed by atoms with Gasteiger partial charge in [-0.05, 0) is 45.7 Å². The topological polar surface area (TPSA) is 73.8 Å². The second-order valence-corrected chi connectivity index (χ2v) is 8.04. The number of piperidine rings is 1. The van der Waals surface area contributed by atoms with Crippen LogP contribution in [0.1, 0.15) is 33.6 Å². The minimum Gasteiger partial charge on any atom is -0.444 e. The molecular weight excluding hydrogens is 373 g/mol. The van der Waals surface area contributed by atoms with Crippen molar-refractivity contribution in [2.24, 2.45) is 0 Å². The number of amides is 1. The van der Waals surface area contributed by atoms with Gasteiger partial charge in [0, 0.05) is 25.7 Å². The van der Waals surface area contributed by atoms with Crippen LogP contribution in [-0.2, 0) is 4.74 Å². The number of hydrogen-bond acceptors (Lipinski definition) is 5. The molecular formula is C19H29ClFN3O3. The SMILES string of the molecule is CC(C)(C)OC(=O)NC1CCN(c2cccc(F)c2NCC(O)CCl)CC1. The van der Waals surface area contributed by atoms with Crippen molar-refractivity contribution in [3.63, 3.8) is 0 Å². The third-order valence-corrected chi connectivity index (χ3v) is 4.60. The molecule has 3 N–H and O–H groups in total. The first-order valence-electron chi connectivity index (χ1n) is 9.20. The zero-order chi connectivity index (χ0) is 20.0. The molecule has 1 aliphatic rings. The third-order valence-electron chi connectivity index (χ3n) is 4.24. The summed E-state index contributed by atoms with van der Waals surface area (Å²) in [5.41, 5.74) is 0.577.